The summed E-state index contributed by atoms with van der Waals surface area (Å²) in [4.78, 5) is 23.6. The van der Waals surface area contributed by atoms with Crippen molar-refractivity contribution in [1.29, 1.82) is 0 Å². The monoisotopic (exact) mass is 489 g/mol. The maximum atomic E-state index is 12.3. The molecule has 0 bridgehead atoms. The third kappa shape index (κ3) is 4.28. The Labute approximate surface area is 203 Å². The largest absolute Gasteiger partial charge is 0.489 e. The summed E-state index contributed by atoms with van der Waals surface area (Å²) in [5, 5.41) is 16.1. The average molecular weight is 490 g/mol. The molecule has 2 heterocycles. The topological polar surface area (TPSA) is 94.3 Å². The molecule has 9 heteroatoms. The van der Waals surface area contributed by atoms with Crippen molar-refractivity contribution < 1.29 is 19.4 Å². The molecule has 0 radical (unpaired) electrons. The minimum Gasteiger partial charge on any atom is -0.489 e. The Morgan fingerprint density at radius 2 is 1.88 bits per heavy atom. The lowest BCUT2D eigenvalue weighted by Crippen LogP contribution is -2.12. The zero-order chi connectivity index (χ0) is 23.7. The number of hydrogen-bond donors (Lipinski definition) is 1. The van der Waals surface area contributed by atoms with Crippen LogP contribution < -0.4 is 4.74 Å². The molecule has 0 aliphatic heterocycles. The molecule has 0 atom stereocenters. The molecular weight excluding hydrogens is 474 g/mol. The molecule has 34 heavy (non-hydrogen) atoms. The fourth-order valence-electron chi connectivity index (χ4n) is 3.66. The van der Waals surface area contributed by atoms with Crippen molar-refractivity contribution in [2.24, 2.45) is 0 Å². The van der Waals surface area contributed by atoms with Crippen molar-refractivity contribution in [1.82, 2.24) is 14.2 Å². The second-order valence-electron chi connectivity index (χ2n) is 7.48. The van der Waals surface area contributed by atoms with Crippen molar-refractivity contribution in [3.8, 4) is 22.7 Å². The van der Waals surface area contributed by atoms with Gasteiger partial charge in [0.25, 0.3) is 5.78 Å². The first-order chi connectivity index (χ1) is 16.5. The molecule has 0 aliphatic rings. The van der Waals surface area contributed by atoms with Crippen LogP contribution in [0.2, 0.25) is 5.02 Å². The Bertz CT molecular complexity index is 1510. The first kappa shape index (κ1) is 21.8. The molecule has 3 aromatic carbocycles. The summed E-state index contributed by atoms with van der Waals surface area (Å²) in [5.41, 5.74) is 4.29. The van der Waals surface area contributed by atoms with E-state index in [0.29, 0.717) is 28.3 Å². The molecule has 0 unspecified atom stereocenters. The fourth-order valence-corrected chi connectivity index (χ4v) is 4.30. The predicted octanol–water partition coefficient (Wildman–Crippen LogP) is 5.65. The zero-order valence-corrected chi connectivity index (χ0v) is 19.1. The number of benzene rings is 3. The van der Waals surface area contributed by atoms with Gasteiger partial charge in [-0.05, 0) is 47.4 Å². The molecule has 0 saturated heterocycles. The molecule has 0 saturated carbocycles. The number of carbonyl (C=O) groups excluding carboxylic acids is 1. The lowest BCUT2D eigenvalue weighted by atomic mass is 10.1. The summed E-state index contributed by atoms with van der Waals surface area (Å²) in [7, 11) is 0. The average Bonchev–Trinajstić information content (AvgIpc) is 3.51. The number of fused-ring (bicyclic) bond motifs is 1. The minimum absolute atomic E-state index is 0.0757. The number of rotatable bonds is 7. The number of aromatic nitrogens is 3. The number of halogens is 1. The second kappa shape index (κ2) is 9.09. The highest BCUT2D eigenvalue weighted by atomic mass is 35.5. The van der Waals surface area contributed by atoms with Crippen molar-refractivity contribution >= 4 is 45.8 Å². The van der Waals surface area contributed by atoms with Crippen LogP contribution in [0.1, 0.15) is 15.9 Å². The van der Waals surface area contributed by atoms with Crippen LogP contribution in [0.25, 0.3) is 27.8 Å². The van der Waals surface area contributed by atoms with Crippen molar-refractivity contribution in [2.45, 2.75) is 6.61 Å². The summed E-state index contributed by atoms with van der Waals surface area (Å²) in [6.07, 6.45) is 1.52. The van der Waals surface area contributed by atoms with Crippen LogP contribution >= 0.6 is 23.1 Å². The number of hydrogen-bond acceptors (Lipinski definition) is 6. The second-order valence-corrected chi connectivity index (χ2v) is 8.53. The minimum atomic E-state index is -1.52. The van der Waals surface area contributed by atoms with E-state index in [4.69, 9.17) is 16.3 Å². The Balaban J connectivity index is 1.41. The third-order valence-corrected chi connectivity index (χ3v) is 6.06. The smallest absolute Gasteiger partial charge is 0.377 e. The van der Waals surface area contributed by atoms with E-state index in [2.05, 4.69) is 9.59 Å². The molecule has 5 rings (SSSR count). The predicted molar refractivity (Wildman–Crippen MR) is 130 cm³/mol. The molecule has 0 amide bonds. The number of carbonyl (C=O) groups is 2. The molecule has 0 aliphatic carbocycles. The van der Waals surface area contributed by atoms with Gasteiger partial charge >= 0.3 is 5.97 Å². The van der Waals surface area contributed by atoms with Gasteiger partial charge in [-0.1, -0.05) is 46.4 Å². The first-order valence-electron chi connectivity index (χ1n) is 10.2. The van der Waals surface area contributed by atoms with E-state index < -0.39 is 11.8 Å². The maximum Gasteiger partial charge on any atom is 0.377 e. The van der Waals surface area contributed by atoms with Gasteiger partial charge in [-0.25, -0.2) is 4.79 Å². The molecule has 7 nitrogen and oxygen atoms in total. The highest BCUT2D eigenvalue weighted by Crippen LogP contribution is 2.29. The summed E-state index contributed by atoms with van der Waals surface area (Å²) in [5.74, 6) is -1.88. The first-order valence-corrected chi connectivity index (χ1v) is 11.4. The van der Waals surface area contributed by atoms with E-state index in [1.165, 1.54) is 17.7 Å². The molecule has 1 N–H and O–H groups in total. The van der Waals surface area contributed by atoms with Crippen LogP contribution in [-0.4, -0.2) is 31.0 Å². The van der Waals surface area contributed by atoms with E-state index in [0.717, 1.165) is 22.5 Å². The highest BCUT2D eigenvalue weighted by Gasteiger charge is 2.21. The molecule has 2 aromatic heterocycles. The van der Waals surface area contributed by atoms with E-state index in [9.17, 15) is 14.7 Å². The summed E-state index contributed by atoms with van der Waals surface area (Å²) in [6.45, 7) is 0.365. The molecule has 5 aromatic rings. The normalized spacial score (nSPS) is 11.0. The van der Waals surface area contributed by atoms with Gasteiger partial charge in [0.1, 0.15) is 18.1 Å². The van der Waals surface area contributed by atoms with E-state index in [1.807, 2.05) is 53.9 Å². The van der Waals surface area contributed by atoms with Gasteiger partial charge < -0.3 is 14.4 Å². The lowest BCUT2D eigenvalue weighted by Gasteiger charge is -2.10. The van der Waals surface area contributed by atoms with Crippen LogP contribution in [0.15, 0.2) is 78.3 Å². The number of ketones is 1. The van der Waals surface area contributed by atoms with Crippen LogP contribution in [0, 0.1) is 0 Å². The number of nitrogens with zero attached hydrogens (tertiary/aromatic N) is 3. The number of ether oxygens (including phenoxy) is 1. The summed E-state index contributed by atoms with van der Waals surface area (Å²) in [6, 6.07) is 20.3. The zero-order valence-electron chi connectivity index (χ0n) is 17.5. The van der Waals surface area contributed by atoms with Crippen molar-refractivity contribution in [2.75, 3.05) is 0 Å². The SMILES string of the molecule is O=C(O)C(=O)c1cn(-c2cccc(OCc3ccc(-c4csnn4)cc3)c2)c2ccc(Cl)cc12. The third-order valence-electron chi connectivity index (χ3n) is 5.32. The van der Waals surface area contributed by atoms with Gasteiger partial charge in [-0.15, -0.1) is 5.10 Å². The Hall–Kier alpha value is -4.01. The number of carboxylic acid groups (broad SMARTS) is 1. The summed E-state index contributed by atoms with van der Waals surface area (Å²) < 4.78 is 11.6. The number of aliphatic carboxylic acids is 1. The van der Waals surface area contributed by atoms with Gasteiger partial charge in [0.05, 0.1) is 11.1 Å². The van der Waals surface area contributed by atoms with Gasteiger partial charge in [-0.3, -0.25) is 4.79 Å². The standard InChI is InChI=1S/C25H16ClN3O4S/c26-17-8-9-23-20(10-17)21(24(30)25(31)32)12-29(23)18-2-1-3-19(11-18)33-13-15-4-6-16(7-5-15)22-14-34-28-27-22/h1-12,14H,13H2,(H,31,32). The molecule has 168 valence electrons. The number of carboxylic acids is 1. The molecule has 0 fully saturated rings. The Kier molecular flexibility index (Phi) is 5.83. The Morgan fingerprint density at radius 1 is 1.06 bits per heavy atom. The summed E-state index contributed by atoms with van der Waals surface area (Å²) >= 11 is 7.41. The Morgan fingerprint density at radius 3 is 2.62 bits per heavy atom. The van der Waals surface area contributed by atoms with Gasteiger partial charge in [0, 0.05) is 39.3 Å². The maximum absolute atomic E-state index is 12.3. The van der Waals surface area contributed by atoms with Gasteiger partial charge in [0.15, 0.2) is 0 Å². The van der Waals surface area contributed by atoms with Crippen molar-refractivity contribution in [3.63, 3.8) is 0 Å². The van der Waals surface area contributed by atoms with E-state index in [-0.39, 0.29) is 5.56 Å². The number of Topliss-reactive ketones (excluding diaryl/α,β-unsaturated/α-hetero) is 1. The highest BCUT2D eigenvalue weighted by molar-refractivity contribution is 7.03. The van der Waals surface area contributed by atoms with Crippen molar-refractivity contribution in [3.05, 3.63) is 94.5 Å². The van der Waals surface area contributed by atoms with Crippen LogP contribution in [0.5, 0.6) is 5.75 Å². The van der Waals surface area contributed by atoms with Crippen LogP contribution in [0.4, 0.5) is 0 Å². The molecule has 0 spiro atoms. The lowest BCUT2D eigenvalue weighted by molar-refractivity contribution is -0.131. The van der Waals surface area contributed by atoms with Gasteiger partial charge in [-0.2, -0.15) is 0 Å². The van der Waals surface area contributed by atoms with E-state index in [1.54, 1.807) is 22.8 Å². The molecular formula is C25H16ClN3O4S. The van der Waals surface area contributed by atoms with Crippen LogP contribution in [-0.2, 0) is 11.4 Å². The van der Waals surface area contributed by atoms with Crippen LogP contribution in [0.3, 0.4) is 0 Å². The fraction of sp³-hybridized carbons (Fsp3) is 0.0400. The van der Waals surface area contributed by atoms with E-state index >= 15 is 0 Å². The quantitative estimate of drug-likeness (QED) is 0.234. The van der Waals surface area contributed by atoms with Gasteiger partial charge in [0.2, 0.25) is 0 Å².